The molecule has 0 spiro atoms. The van der Waals surface area contributed by atoms with Gasteiger partial charge >= 0.3 is 0 Å². The molecule has 17 heavy (non-hydrogen) atoms. The van der Waals surface area contributed by atoms with Crippen LogP contribution in [0.3, 0.4) is 0 Å². The van der Waals surface area contributed by atoms with Crippen molar-refractivity contribution in [1.29, 1.82) is 0 Å². The molecule has 2 heterocycles. The highest BCUT2D eigenvalue weighted by Crippen LogP contribution is 1.96. The molecule has 7 nitrogen and oxygen atoms in total. The number of carbonyl (C=O) groups is 1. The third-order valence-electron chi connectivity index (χ3n) is 2.12. The lowest BCUT2D eigenvalue weighted by molar-refractivity contribution is -0.116. The normalized spacial score (nSPS) is 10.4. The summed E-state index contributed by atoms with van der Waals surface area (Å²) in [5.74, 6) is 0.440. The maximum atomic E-state index is 11.6. The minimum Gasteiger partial charge on any atom is -0.345 e. The van der Waals surface area contributed by atoms with E-state index in [1.54, 1.807) is 6.92 Å². The van der Waals surface area contributed by atoms with Crippen LogP contribution in [0.25, 0.3) is 5.78 Å². The minimum atomic E-state index is -0.304. The highest BCUT2D eigenvalue weighted by atomic mass is 16.1. The molecular weight excluding hydrogens is 222 g/mol. The van der Waals surface area contributed by atoms with E-state index < -0.39 is 0 Å². The molecule has 0 aliphatic heterocycles. The summed E-state index contributed by atoms with van der Waals surface area (Å²) in [4.78, 5) is 30.7. The van der Waals surface area contributed by atoms with Gasteiger partial charge in [0, 0.05) is 11.8 Å². The van der Waals surface area contributed by atoms with Crippen LogP contribution in [-0.2, 0) is 11.3 Å². The largest absolute Gasteiger partial charge is 0.345 e. The van der Waals surface area contributed by atoms with E-state index in [1.165, 1.54) is 10.6 Å². The first kappa shape index (κ1) is 11.1. The molecular formula is C10H11N5O2. The molecule has 88 valence electrons. The standard InChI is InChI=1S/C10H11N5O2/c1-3-8(16)11-5-7-13-10-12-6(2)4-9(17)15(10)14-7/h3-4H,1,5H2,2H3,(H,11,16)(H,12,13,14). The second kappa shape index (κ2) is 4.20. The molecule has 0 atom stereocenters. The van der Waals surface area contributed by atoms with Gasteiger partial charge in [-0.15, -0.1) is 0 Å². The Labute approximate surface area is 96.2 Å². The number of hydrogen-bond acceptors (Lipinski definition) is 4. The van der Waals surface area contributed by atoms with Crippen molar-refractivity contribution in [2.24, 2.45) is 0 Å². The number of fused-ring (bicyclic) bond motifs is 1. The van der Waals surface area contributed by atoms with Gasteiger partial charge in [0.1, 0.15) is 5.82 Å². The van der Waals surface area contributed by atoms with E-state index in [2.05, 4.69) is 27.0 Å². The Balaban J connectivity index is 2.32. The van der Waals surface area contributed by atoms with E-state index in [4.69, 9.17) is 0 Å². The Morgan fingerprint density at radius 3 is 3.12 bits per heavy atom. The average molecular weight is 233 g/mol. The number of nitrogens with one attached hydrogen (secondary N) is 2. The SMILES string of the molecule is C=CC(=O)NCc1nc2nc(C)cc(=O)n2[nH]1. The van der Waals surface area contributed by atoms with Crippen molar-refractivity contribution in [1.82, 2.24) is 24.9 Å². The number of aryl methyl sites for hydroxylation is 1. The quantitative estimate of drug-likeness (QED) is 0.701. The van der Waals surface area contributed by atoms with Gasteiger partial charge in [0.2, 0.25) is 5.91 Å². The van der Waals surface area contributed by atoms with E-state index in [9.17, 15) is 9.59 Å². The van der Waals surface area contributed by atoms with Crippen LogP contribution >= 0.6 is 0 Å². The number of nitrogens with zero attached hydrogens (tertiary/aromatic N) is 3. The molecule has 1 amide bonds. The highest BCUT2D eigenvalue weighted by molar-refractivity contribution is 5.86. The number of carbonyl (C=O) groups excluding carboxylic acids is 1. The zero-order valence-electron chi connectivity index (χ0n) is 9.23. The summed E-state index contributed by atoms with van der Waals surface area (Å²) in [5, 5.41) is 5.30. The molecule has 2 aromatic heterocycles. The van der Waals surface area contributed by atoms with Gasteiger partial charge in [0.15, 0.2) is 0 Å². The minimum absolute atomic E-state index is 0.187. The summed E-state index contributed by atoms with van der Waals surface area (Å²) in [7, 11) is 0. The summed E-state index contributed by atoms with van der Waals surface area (Å²) in [6.07, 6.45) is 1.16. The van der Waals surface area contributed by atoms with Crippen LogP contribution in [0.2, 0.25) is 0 Å². The number of amides is 1. The molecule has 0 radical (unpaired) electrons. The third kappa shape index (κ3) is 2.22. The maximum Gasteiger partial charge on any atom is 0.274 e. The Bertz CT molecular complexity index is 640. The molecule has 0 aliphatic carbocycles. The second-order valence-electron chi connectivity index (χ2n) is 3.46. The fourth-order valence-corrected chi connectivity index (χ4v) is 1.36. The van der Waals surface area contributed by atoms with Crippen molar-refractivity contribution in [3.8, 4) is 0 Å². The van der Waals surface area contributed by atoms with Gasteiger partial charge in [-0.05, 0) is 13.0 Å². The topological polar surface area (TPSA) is 92.2 Å². The van der Waals surface area contributed by atoms with E-state index in [0.29, 0.717) is 11.5 Å². The number of H-pyrrole nitrogens is 1. The highest BCUT2D eigenvalue weighted by Gasteiger charge is 2.06. The summed E-state index contributed by atoms with van der Waals surface area (Å²) in [6, 6.07) is 1.40. The molecule has 0 saturated heterocycles. The van der Waals surface area contributed by atoms with Gasteiger partial charge in [-0.2, -0.15) is 9.50 Å². The van der Waals surface area contributed by atoms with Crippen molar-refractivity contribution in [3.63, 3.8) is 0 Å². The smallest absolute Gasteiger partial charge is 0.274 e. The van der Waals surface area contributed by atoms with E-state index in [-0.39, 0.29) is 23.8 Å². The van der Waals surface area contributed by atoms with Gasteiger partial charge in [-0.25, -0.2) is 4.98 Å². The number of rotatable bonds is 3. The van der Waals surface area contributed by atoms with Crippen LogP contribution in [0.1, 0.15) is 11.5 Å². The molecule has 2 N–H and O–H groups in total. The molecule has 0 unspecified atom stereocenters. The fraction of sp³-hybridized carbons (Fsp3) is 0.200. The van der Waals surface area contributed by atoms with E-state index in [0.717, 1.165) is 6.08 Å². The summed E-state index contributed by atoms with van der Waals surface area (Å²) < 4.78 is 1.22. The molecule has 0 fully saturated rings. The first-order valence-electron chi connectivity index (χ1n) is 4.95. The molecule has 2 aromatic rings. The van der Waals surface area contributed by atoms with Gasteiger partial charge in [-0.3, -0.25) is 14.7 Å². The zero-order chi connectivity index (χ0) is 12.4. The molecule has 0 aliphatic rings. The number of hydrogen-bond donors (Lipinski definition) is 2. The summed E-state index contributed by atoms with van der Waals surface area (Å²) in [5.41, 5.74) is 0.365. The Morgan fingerprint density at radius 2 is 2.41 bits per heavy atom. The van der Waals surface area contributed by atoms with E-state index in [1.807, 2.05) is 0 Å². The molecule has 0 aromatic carbocycles. The number of aromatic amines is 1. The van der Waals surface area contributed by atoms with Crippen LogP contribution in [0.4, 0.5) is 0 Å². The molecule has 0 saturated carbocycles. The lowest BCUT2D eigenvalue weighted by Crippen LogP contribution is -2.21. The van der Waals surface area contributed by atoms with Gasteiger partial charge in [0.25, 0.3) is 11.3 Å². The average Bonchev–Trinajstić information content (AvgIpc) is 2.69. The first-order chi connectivity index (χ1) is 8.10. The Morgan fingerprint density at radius 1 is 1.65 bits per heavy atom. The fourth-order valence-electron chi connectivity index (χ4n) is 1.36. The predicted octanol–water partition coefficient (Wildman–Crippen LogP) is -0.472. The van der Waals surface area contributed by atoms with Crippen molar-refractivity contribution in [3.05, 3.63) is 40.6 Å². The molecule has 2 rings (SSSR count). The number of aromatic nitrogens is 4. The predicted molar refractivity (Wildman–Crippen MR) is 60.4 cm³/mol. The monoisotopic (exact) mass is 233 g/mol. The second-order valence-corrected chi connectivity index (χ2v) is 3.46. The van der Waals surface area contributed by atoms with Crippen LogP contribution in [0.5, 0.6) is 0 Å². The summed E-state index contributed by atoms with van der Waals surface area (Å²) in [6.45, 7) is 5.24. The lowest BCUT2D eigenvalue weighted by atomic mass is 10.5. The Hall–Kier alpha value is -2.44. The third-order valence-corrected chi connectivity index (χ3v) is 2.12. The van der Waals surface area contributed by atoms with Crippen molar-refractivity contribution in [2.45, 2.75) is 13.5 Å². The lowest BCUT2D eigenvalue weighted by Gasteiger charge is -1.96. The summed E-state index contributed by atoms with van der Waals surface area (Å²) >= 11 is 0. The Kier molecular flexibility index (Phi) is 2.73. The maximum absolute atomic E-state index is 11.6. The van der Waals surface area contributed by atoms with Gasteiger partial charge in [-0.1, -0.05) is 6.58 Å². The molecule has 0 bridgehead atoms. The van der Waals surface area contributed by atoms with E-state index >= 15 is 0 Å². The zero-order valence-corrected chi connectivity index (χ0v) is 9.23. The van der Waals surface area contributed by atoms with Crippen LogP contribution in [-0.4, -0.2) is 25.5 Å². The molecule has 7 heteroatoms. The van der Waals surface area contributed by atoms with Gasteiger partial charge < -0.3 is 5.32 Å². The van der Waals surface area contributed by atoms with Crippen molar-refractivity contribution < 1.29 is 4.79 Å². The van der Waals surface area contributed by atoms with Crippen molar-refractivity contribution in [2.75, 3.05) is 0 Å². The van der Waals surface area contributed by atoms with Gasteiger partial charge in [0.05, 0.1) is 6.54 Å². The van der Waals surface area contributed by atoms with Crippen LogP contribution in [0.15, 0.2) is 23.5 Å². The van der Waals surface area contributed by atoms with Crippen molar-refractivity contribution >= 4 is 11.7 Å². The van der Waals surface area contributed by atoms with Crippen LogP contribution < -0.4 is 10.9 Å². The van der Waals surface area contributed by atoms with Crippen LogP contribution in [0, 0.1) is 6.92 Å². The first-order valence-corrected chi connectivity index (χ1v) is 4.95.